The highest BCUT2D eigenvalue weighted by Gasteiger charge is 2.31. The summed E-state index contributed by atoms with van der Waals surface area (Å²) in [6.07, 6.45) is 1.55. The van der Waals surface area contributed by atoms with Crippen LogP contribution in [0.2, 0.25) is 0 Å². The van der Waals surface area contributed by atoms with Crippen molar-refractivity contribution in [2.45, 2.75) is 24.8 Å². The van der Waals surface area contributed by atoms with Crippen molar-refractivity contribution in [3.8, 4) is 5.75 Å². The van der Waals surface area contributed by atoms with Gasteiger partial charge in [0.25, 0.3) is 0 Å². The van der Waals surface area contributed by atoms with Gasteiger partial charge in [0.15, 0.2) is 6.04 Å². The molecule has 5 heteroatoms. The lowest BCUT2D eigenvalue weighted by Gasteiger charge is -2.18. The van der Waals surface area contributed by atoms with Crippen LogP contribution in [0, 0.1) is 0 Å². The molecule has 1 aliphatic rings. The lowest BCUT2D eigenvalue weighted by atomic mass is 9.99. The number of hydrogen-bond acceptors (Lipinski definition) is 3. The summed E-state index contributed by atoms with van der Waals surface area (Å²) in [5, 5.41) is 12.2. The normalized spacial score (nSPS) is 17.0. The Bertz CT molecular complexity index is 754. The average Bonchev–Trinajstić information content (AvgIpc) is 3.03. The predicted molar refractivity (Wildman–Crippen MR) is 89.0 cm³/mol. The van der Waals surface area contributed by atoms with E-state index in [1.165, 1.54) is 0 Å². The number of carboxylic acid groups (broad SMARTS) is 1. The van der Waals surface area contributed by atoms with Gasteiger partial charge in [0.05, 0.1) is 13.0 Å². The van der Waals surface area contributed by atoms with Crippen LogP contribution in [-0.4, -0.2) is 24.1 Å². The van der Waals surface area contributed by atoms with Crippen LogP contribution in [0.5, 0.6) is 5.75 Å². The fraction of sp³-hybridized carbons (Fsp3) is 0.263. The molecule has 0 aromatic heterocycles. The van der Waals surface area contributed by atoms with Crippen molar-refractivity contribution in [2.24, 2.45) is 0 Å². The maximum Gasteiger partial charge on any atom is 0.330 e. The van der Waals surface area contributed by atoms with Crippen molar-refractivity contribution in [1.82, 2.24) is 5.32 Å². The Hall–Kier alpha value is -2.82. The Balaban J connectivity index is 1.79. The number of benzene rings is 2. The van der Waals surface area contributed by atoms with Crippen LogP contribution in [0.4, 0.5) is 0 Å². The molecule has 0 saturated carbocycles. The molecule has 2 aromatic rings. The van der Waals surface area contributed by atoms with Crippen molar-refractivity contribution in [1.29, 1.82) is 0 Å². The Labute approximate surface area is 140 Å². The summed E-state index contributed by atoms with van der Waals surface area (Å²) >= 11 is 0. The highest BCUT2D eigenvalue weighted by Crippen LogP contribution is 2.33. The molecular formula is C19H19NO4. The van der Waals surface area contributed by atoms with Crippen LogP contribution in [0.1, 0.15) is 35.1 Å². The van der Waals surface area contributed by atoms with E-state index in [1.807, 2.05) is 24.3 Å². The topological polar surface area (TPSA) is 75.6 Å². The molecule has 0 spiro atoms. The standard InChI is InChI=1S/C19H19NO4/c1-24-14-9-6-13(7-10-14)17(19(22)23)20-18(21)16-11-8-12-4-2-3-5-15(12)16/h2-7,9-10,16-17H,8,11H2,1H3,(H,20,21)(H,22,23). The second-order valence-electron chi connectivity index (χ2n) is 5.84. The number of carboxylic acids is 1. The van der Waals surface area contributed by atoms with Crippen molar-refractivity contribution in [3.63, 3.8) is 0 Å². The second-order valence-corrected chi connectivity index (χ2v) is 5.84. The third-order valence-electron chi connectivity index (χ3n) is 4.43. The van der Waals surface area contributed by atoms with Gasteiger partial charge in [-0.1, -0.05) is 36.4 Å². The summed E-state index contributed by atoms with van der Waals surface area (Å²) in [6.45, 7) is 0. The number of nitrogens with one attached hydrogen (secondary N) is 1. The molecule has 3 rings (SSSR count). The first kappa shape index (κ1) is 16.1. The van der Waals surface area contributed by atoms with Crippen LogP contribution in [0.25, 0.3) is 0 Å². The van der Waals surface area contributed by atoms with Gasteiger partial charge in [0.2, 0.25) is 5.91 Å². The Morgan fingerprint density at radius 1 is 1.17 bits per heavy atom. The number of methoxy groups -OCH3 is 1. The minimum atomic E-state index is -1.08. The number of rotatable bonds is 5. The van der Waals surface area contributed by atoms with Crippen molar-refractivity contribution in [3.05, 3.63) is 65.2 Å². The van der Waals surface area contributed by atoms with E-state index in [-0.39, 0.29) is 11.8 Å². The molecule has 2 atom stereocenters. The molecule has 24 heavy (non-hydrogen) atoms. The Morgan fingerprint density at radius 3 is 2.54 bits per heavy atom. The smallest absolute Gasteiger partial charge is 0.330 e. The lowest BCUT2D eigenvalue weighted by Crippen LogP contribution is -2.36. The molecule has 124 valence electrons. The first-order valence-corrected chi connectivity index (χ1v) is 7.85. The summed E-state index contributed by atoms with van der Waals surface area (Å²) < 4.78 is 5.08. The zero-order chi connectivity index (χ0) is 17.1. The van der Waals surface area contributed by atoms with Gasteiger partial charge in [-0.25, -0.2) is 4.79 Å². The Morgan fingerprint density at radius 2 is 1.88 bits per heavy atom. The van der Waals surface area contributed by atoms with Crippen molar-refractivity contribution >= 4 is 11.9 Å². The lowest BCUT2D eigenvalue weighted by molar-refractivity contribution is -0.142. The molecular weight excluding hydrogens is 306 g/mol. The van der Waals surface area contributed by atoms with E-state index in [4.69, 9.17) is 4.74 Å². The van der Waals surface area contributed by atoms with Gasteiger partial charge in [0.1, 0.15) is 5.75 Å². The zero-order valence-electron chi connectivity index (χ0n) is 13.4. The highest BCUT2D eigenvalue weighted by atomic mass is 16.5. The summed E-state index contributed by atoms with van der Waals surface area (Å²) in [6, 6.07) is 13.4. The second kappa shape index (κ2) is 6.74. The van der Waals surface area contributed by atoms with E-state index in [1.54, 1.807) is 31.4 Å². The van der Waals surface area contributed by atoms with Gasteiger partial charge < -0.3 is 15.2 Å². The molecule has 0 bridgehead atoms. The molecule has 1 amide bonds. The first-order valence-electron chi connectivity index (χ1n) is 7.85. The number of aliphatic carboxylic acids is 1. The Kier molecular flexibility index (Phi) is 4.51. The van der Waals surface area contributed by atoms with Crippen LogP contribution in [0.15, 0.2) is 48.5 Å². The molecule has 0 radical (unpaired) electrons. The number of carbonyl (C=O) groups is 2. The predicted octanol–water partition coefficient (Wildman–Crippen LogP) is 2.67. The minimum Gasteiger partial charge on any atom is -0.497 e. The SMILES string of the molecule is COc1ccc(C(NC(=O)C2CCc3ccccc32)C(=O)O)cc1. The quantitative estimate of drug-likeness (QED) is 0.886. The van der Waals surface area contributed by atoms with Gasteiger partial charge in [-0.3, -0.25) is 4.79 Å². The fourth-order valence-electron chi connectivity index (χ4n) is 3.16. The van der Waals surface area contributed by atoms with Crippen molar-refractivity contribution in [2.75, 3.05) is 7.11 Å². The van der Waals surface area contributed by atoms with Crippen LogP contribution in [-0.2, 0) is 16.0 Å². The van der Waals surface area contributed by atoms with Gasteiger partial charge in [-0.05, 0) is 41.7 Å². The van der Waals surface area contributed by atoms with E-state index < -0.39 is 12.0 Å². The number of aryl methyl sites for hydroxylation is 1. The number of carbonyl (C=O) groups excluding carboxylic acids is 1. The molecule has 0 fully saturated rings. The molecule has 2 unspecified atom stereocenters. The van der Waals surface area contributed by atoms with E-state index in [0.717, 1.165) is 17.5 Å². The number of fused-ring (bicyclic) bond motifs is 1. The molecule has 1 aliphatic carbocycles. The molecule has 0 saturated heterocycles. The van der Waals surface area contributed by atoms with Crippen LogP contribution >= 0.6 is 0 Å². The maximum atomic E-state index is 12.6. The van der Waals surface area contributed by atoms with E-state index in [9.17, 15) is 14.7 Å². The monoisotopic (exact) mass is 325 g/mol. The zero-order valence-corrected chi connectivity index (χ0v) is 13.4. The van der Waals surface area contributed by atoms with Crippen LogP contribution < -0.4 is 10.1 Å². The molecule has 2 aromatic carbocycles. The summed E-state index contributed by atoms with van der Waals surface area (Å²) in [5.74, 6) is -0.983. The van der Waals surface area contributed by atoms with Gasteiger partial charge in [-0.2, -0.15) is 0 Å². The largest absolute Gasteiger partial charge is 0.497 e. The fourth-order valence-corrected chi connectivity index (χ4v) is 3.16. The maximum absolute atomic E-state index is 12.6. The number of hydrogen-bond donors (Lipinski definition) is 2. The molecule has 5 nitrogen and oxygen atoms in total. The van der Waals surface area contributed by atoms with Gasteiger partial charge >= 0.3 is 5.97 Å². The third kappa shape index (κ3) is 3.11. The van der Waals surface area contributed by atoms with Crippen molar-refractivity contribution < 1.29 is 19.4 Å². The van der Waals surface area contributed by atoms with E-state index >= 15 is 0 Å². The van der Waals surface area contributed by atoms with E-state index in [0.29, 0.717) is 17.7 Å². The molecule has 0 aliphatic heterocycles. The minimum absolute atomic E-state index is 0.247. The van der Waals surface area contributed by atoms with Gasteiger partial charge in [-0.15, -0.1) is 0 Å². The number of amides is 1. The summed E-state index contributed by atoms with van der Waals surface area (Å²) in [7, 11) is 1.54. The number of ether oxygens (including phenoxy) is 1. The summed E-state index contributed by atoms with van der Waals surface area (Å²) in [5.41, 5.74) is 2.67. The summed E-state index contributed by atoms with van der Waals surface area (Å²) in [4.78, 5) is 24.2. The highest BCUT2D eigenvalue weighted by molar-refractivity contribution is 5.89. The first-order chi connectivity index (χ1) is 11.6. The van der Waals surface area contributed by atoms with Crippen LogP contribution in [0.3, 0.4) is 0 Å². The third-order valence-corrected chi connectivity index (χ3v) is 4.43. The molecule has 2 N–H and O–H groups in total. The van der Waals surface area contributed by atoms with Gasteiger partial charge in [0, 0.05) is 0 Å². The average molecular weight is 325 g/mol. The molecule has 0 heterocycles. The van der Waals surface area contributed by atoms with E-state index in [2.05, 4.69) is 5.32 Å².